The van der Waals surface area contributed by atoms with Crippen molar-refractivity contribution in [2.45, 2.75) is 51.1 Å². The van der Waals surface area contributed by atoms with E-state index in [1.54, 1.807) is 17.0 Å². The van der Waals surface area contributed by atoms with Gasteiger partial charge in [-0.05, 0) is 25.7 Å². The van der Waals surface area contributed by atoms with Crippen LogP contribution in [0.25, 0.3) is 0 Å². The Bertz CT molecular complexity index is 460. The van der Waals surface area contributed by atoms with Gasteiger partial charge in [0.25, 0.3) is 5.56 Å². The van der Waals surface area contributed by atoms with Crippen LogP contribution in [0.15, 0.2) is 17.2 Å². The van der Waals surface area contributed by atoms with E-state index in [0.717, 1.165) is 25.7 Å². The van der Waals surface area contributed by atoms with Crippen LogP contribution in [-0.2, 0) is 0 Å². The van der Waals surface area contributed by atoms with E-state index < -0.39 is 0 Å². The molecular formula is C13H22N4O. The third kappa shape index (κ3) is 2.72. The zero-order chi connectivity index (χ0) is 13.2. The van der Waals surface area contributed by atoms with Crippen molar-refractivity contribution in [2.24, 2.45) is 5.73 Å². The molecule has 0 aromatic carbocycles. The first-order chi connectivity index (χ1) is 8.59. The monoisotopic (exact) mass is 250 g/mol. The first kappa shape index (κ1) is 13.1. The normalized spacial score (nSPS) is 15.7. The molecule has 3 N–H and O–H groups in total. The first-order valence-electron chi connectivity index (χ1n) is 6.69. The number of anilines is 1. The van der Waals surface area contributed by atoms with E-state index in [9.17, 15) is 4.79 Å². The average molecular weight is 250 g/mol. The van der Waals surface area contributed by atoms with Crippen molar-refractivity contribution in [3.05, 3.63) is 22.7 Å². The fraction of sp³-hybridized carbons (Fsp3) is 0.692. The van der Waals surface area contributed by atoms with Crippen LogP contribution in [0.5, 0.6) is 0 Å². The summed E-state index contributed by atoms with van der Waals surface area (Å²) in [5.74, 6) is 0.418. The summed E-state index contributed by atoms with van der Waals surface area (Å²) in [5, 5.41) is 3.11. The molecule has 100 valence electrons. The van der Waals surface area contributed by atoms with E-state index in [4.69, 9.17) is 5.73 Å². The summed E-state index contributed by atoms with van der Waals surface area (Å²) in [4.78, 5) is 16.3. The number of rotatable bonds is 6. The van der Waals surface area contributed by atoms with Crippen LogP contribution in [0.2, 0.25) is 0 Å². The third-order valence-electron chi connectivity index (χ3n) is 3.82. The lowest BCUT2D eigenvalue weighted by Crippen LogP contribution is -2.46. The van der Waals surface area contributed by atoms with Crippen molar-refractivity contribution in [2.75, 3.05) is 11.9 Å². The van der Waals surface area contributed by atoms with Crippen LogP contribution < -0.4 is 16.6 Å². The molecule has 0 amide bonds. The molecule has 0 bridgehead atoms. The van der Waals surface area contributed by atoms with Crippen LogP contribution >= 0.6 is 0 Å². The van der Waals surface area contributed by atoms with Gasteiger partial charge in [-0.25, -0.2) is 4.98 Å². The molecule has 18 heavy (non-hydrogen) atoms. The van der Waals surface area contributed by atoms with Gasteiger partial charge in [0.05, 0.1) is 0 Å². The molecule has 1 aromatic rings. The molecule has 1 aliphatic rings. The zero-order valence-electron chi connectivity index (χ0n) is 11.1. The van der Waals surface area contributed by atoms with E-state index in [1.807, 2.05) is 0 Å². The molecule has 0 radical (unpaired) electrons. The van der Waals surface area contributed by atoms with E-state index in [2.05, 4.69) is 24.1 Å². The van der Waals surface area contributed by atoms with Gasteiger partial charge in [-0.15, -0.1) is 0 Å². The van der Waals surface area contributed by atoms with Gasteiger partial charge in [-0.3, -0.25) is 4.79 Å². The molecule has 5 heteroatoms. The first-order valence-corrected chi connectivity index (χ1v) is 6.69. The molecule has 1 heterocycles. The van der Waals surface area contributed by atoms with Crippen LogP contribution in [0, 0.1) is 0 Å². The highest BCUT2D eigenvalue weighted by Gasteiger charge is 2.26. The number of nitrogens with two attached hydrogens (primary N) is 1. The van der Waals surface area contributed by atoms with Crippen molar-refractivity contribution in [1.82, 2.24) is 9.55 Å². The minimum absolute atomic E-state index is 0.0328. The lowest BCUT2D eigenvalue weighted by Gasteiger charge is -2.26. The SMILES string of the molecule is CCC(N)(CC)CNc1nccn(C2CC2)c1=O. The number of nitrogens with zero attached hydrogens (tertiary/aromatic N) is 2. The van der Waals surface area contributed by atoms with Gasteiger partial charge < -0.3 is 15.6 Å². The van der Waals surface area contributed by atoms with Crippen LogP contribution in [0.4, 0.5) is 5.82 Å². The van der Waals surface area contributed by atoms with Crippen LogP contribution in [0.1, 0.15) is 45.6 Å². The molecule has 0 saturated heterocycles. The van der Waals surface area contributed by atoms with Crippen molar-refractivity contribution in [3.63, 3.8) is 0 Å². The Hall–Kier alpha value is -1.36. The summed E-state index contributed by atoms with van der Waals surface area (Å²) in [6.07, 6.45) is 7.38. The van der Waals surface area contributed by atoms with Crippen LogP contribution in [-0.4, -0.2) is 21.6 Å². The minimum Gasteiger partial charge on any atom is -0.364 e. The Morgan fingerprint density at radius 3 is 2.72 bits per heavy atom. The van der Waals surface area contributed by atoms with Crippen molar-refractivity contribution >= 4 is 5.82 Å². The molecule has 0 atom stereocenters. The van der Waals surface area contributed by atoms with Crippen molar-refractivity contribution in [3.8, 4) is 0 Å². The van der Waals surface area contributed by atoms with Crippen molar-refractivity contribution < 1.29 is 0 Å². The van der Waals surface area contributed by atoms with E-state index >= 15 is 0 Å². The molecule has 0 aliphatic heterocycles. The summed E-state index contributed by atoms with van der Waals surface area (Å²) in [6, 6.07) is 0.376. The Morgan fingerprint density at radius 2 is 2.17 bits per heavy atom. The molecule has 0 unspecified atom stereocenters. The Kier molecular flexibility index (Phi) is 3.71. The summed E-state index contributed by atoms with van der Waals surface area (Å²) >= 11 is 0. The second-order valence-electron chi connectivity index (χ2n) is 5.14. The maximum absolute atomic E-state index is 12.1. The summed E-state index contributed by atoms with van der Waals surface area (Å²) in [6.45, 7) is 4.70. The topological polar surface area (TPSA) is 72.9 Å². The highest BCUT2D eigenvalue weighted by Crippen LogP contribution is 2.33. The Labute approximate surface area is 107 Å². The van der Waals surface area contributed by atoms with E-state index in [0.29, 0.717) is 18.4 Å². The Morgan fingerprint density at radius 1 is 1.50 bits per heavy atom. The minimum atomic E-state index is -0.269. The van der Waals surface area contributed by atoms with Gasteiger partial charge in [0.1, 0.15) is 0 Å². The molecule has 5 nitrogen and oxygen atoms in total. The third-order valence-corrected chi connectivity index (χ3v) is 3.82. The standard InChI is InChI=1S/C13H22N4O/c1-3-13(14,4-2)9-16-11-12(18)17(8-7-15-11)10-5-6-10/h7-8,10H,3-6,9,14H2,1-2H3,(H,15,16). The van der Waals surface area contributed by atoms with Gasteiger partial charge in [0.2, 0.25) is 0 Å². The largest absolute Gasteiger partial charge is 0.364 e. The summed E-state index contributed by atoms with van der Waals surface area (Å²) in [5.41, 5.74) is 5.90. The van der Waals surface area contributed by atoms with Gasteiger partial charge in [0, 0.05) is 30.5 Å². The number of nitrogens with one attached hydrogen (secondary N) is 1. The highest BCUT2D eigenvalue weighted by atomic mass is 16.1. The second-order valence-corrected chi connectivity index (χ2v) is 5.14. The summed E-state index contributed by atoms with van der Waals surface area (Å²) in [7, 11) is 0. The van der Waals surface area contributed by atoms with Gasteiger partial charge in [-0.1, -0.05) is 13.8 Å². The predicted octanol–water partition coefficient (Wildman–Crippen LogP) is 1.51. The molecule has 1 aliphatic carbocycles. The van der Waals surface area contributed by atoms with Crippen LogP contribution in [0.3, 0.4) is 0 Å². The maximum atomic E-state index is 12.1. The van der Waals surface area contributed by atoms with Gasteiger partial charge in [0.15, 0.2) is 5.82 Å². The number of aromatic nitrogens is 2. The highest BCUT2D eigenvalue weighted by molar-refractivity contribution is 5.32. The van der Waals surface area contributed by atoms with E-state index in [1.165, 1.54) is 0 Å². The molecule has 1 aromatic heterocycles. The molecule has 2 rings (SSSR count). The molecular weight excluding hydrogens is 228 g/mol. The lowest BCUT2D eigenvalue weighted by atomic mass is 9.94. The second kappa shape index (κ2) is 5.10. The average Bonchev–Trinajstić information content (AvgIpc) is 3.21. The molecule has 1 fully saturated rings. The summed E-state index contributed by atoms with van der Waals surface area (Å²) < 4.78 is 1.77. The predicted molar refractivity (Wildman–Crippen MR) is 72.8 cm³/mol. The number of hydrogen-bond donors (Lipinski definition) is 2. The zero-order valence-corrected chi connectivity index (χ0v) is 11.1. The van der Waals surface area contributed by atoms with E-state index in [-0.39, 0.29) is 11.1 Å². The number of hydrogen-bond acceptors (Lipinski definition) is 4. The molecule has 0 spiro atoms. The quantitative estimate of drug-likeness (QED) is 0.802. The smallest absolute Gasteiger partial charge is 0.293 e. The fourth-order valence-corrected chi connectivity index (χ4v) is 1.95. The van der Waals surface area contributed by atoms with Crippen molar-refractivity contribution in [1.29, 1.82) is 0 Å². The maximum Gasteiger partial charge on any atom is 0.293 e. The lowest BCUT2D eigenvalue weighted by molar-refractivity contribution is 0.417. The Balaban J connectivity index is 2.10. The van der Waals surface area contributed by atoms with Gasteiger partial charge >= 0.3 is 0 Å². The van der Waals surface area contributed by atoms with Gasteiger partial charge in [-0.2, -0.15) is 0 Å². The fourth-order valence-electron chi connectivity index (χ4n) is 1.95. The molecule has 1 saturated carbocycles.